The summed E-state index contributed by atoms with van der Waals surface area (Å²) in [6.45, 7) is 2.79. The fraction of sp³-hybridized carbons (Fsp3) is 0.261. The first-order valence-electron chi connectivity index (χ1n) is 9.33. The zero-order valence-electron chi connectivity index (χ0n) is 15.6. The predicted octanol–water partition coefficient (Wildman–Crippen LogP) is 3.80. The van der Waals surface area contributed by atoms with E-state index in [4.69, 9.17) is 4.42 Å². The third-order valence-corrected chi connectivity index (χ3v) is 5.57. The minimum Gasteiger partial charge on any atom is -0.417 e. The molecule has 0 N–H and O–H groups in total. The normalized spacial score (nSPS) is 15.9. The zero-order chi connectivity index (χ0) is 19.7. The number of amides is 1. The molecule has 0 spiro atoms. The number of nitriles is 1. The number of carbonyl (C=O) groups is 1. The van der Waals surface area contributed by atoms with E-state index in [2.05, 4.69) is 6.07 Å². The summed E-state index contributed by atoms with van der Waals surface area (Å²) in [5.41, 5.74) is 0.859. The van der Waals surface area contributed by atoms with Crippen LogP contribution in [0.3, 0.4) is 0 Å². The molecule has 5 heteroatoms. The molecule has 1 aliphatic heterocycles. The van der Waals surface area contributed by atoms with Crippen molar-refractivity contribution in [2.24, 2.45) is 0 Å². The first kappa shape index (κ1) is 18.0. The van der Waals surface area contributed by atoms with Gasteiger partial charge in [-0.05, 0) is 42.8 Å². The zero-order valence-corrected chi connectivity index (χ0v) is 15.6. The monoisotopic (exact) mass is 372 g/mol. The number of benzene rings is 2. The lowest BCUT2D eigenvalue weighted by atomic mass is 9.74. The maximum atomic E-state index is 12.9. The van der Waals surface area contributed by atoms with E-state index in [1.165, 1.54) is 0 Å². The Balaban J connectivity index is 1.58. The van der Waals surface area contributed by atoms with Crippen LogP contribution in [0, 0.1) is 18.3 Å². The van der Waals surface area contributed by atoms with Crippen molar-refractivity contribution >= 4 is 16.7 Å². The van der Waals surface area contributed by atoms with Gasteiger partial charge in [0, 0.05) is 13.1 Å². The number of likely N-dealkylation sites (tertiary alicyclic amines) is 1. The second kappa shape index (κ2) is 6.97. The Morgan fingerprint density at radius 3 is 2.50 bits per heavy atom. The molecule has 2 aromatic carbocycles. The second-order valence-electron chi connectivity index (χ2n) is 7.34. The van der Waals surface area contributed by atoms with Gasteiger partial charge in [0.25, 0.3) is 5.91 Å². The average Bonchev–Trinajstić information content (AvgIpc) is 2.74. The topological polar surface area (TPSA) is 74.3 Å². The van der Waals surface area contributed by atoms with Crippen LogP contribution in [-0.2, 0) is 5.41 Å². The van der Waals surface area contributed by atoms with E-state index in [1.807, 2.05) is 49.4 Å². The van der Waals surface area contributed by atoms with Crippen LogP contribution in [0.1, 0.15) is 34.5 Å². The van der Waals surface area contributed by atoms with Crippen LogP contribution in [0.5, 0.6) is 0 Å². The molecular formula is C23H20N2O3. The van der Waals surface area contributed by atoms with Crippen molar-refractivity contribution in [3.8, 4) is 6.07 Å². The molecule has 1 saturated heterocycles. The van der Waals surface area contributed by atoms with E-state index < -0.39 is 11.0 Å². The van der Waals surface area contributed by atoms with Crippen molar-refractivity contribution in [3.05, 3.63) is 81.9 Å². The maximum absolute atomic E-state index is 12.9. The highest BCUT2D eigenvalue weighted by molar-refractivity contribution is 5.95. The van der Waals surface area contributed by atoms with Gasteiger partial charge in [0.15, 0.2) is 5.76 Å². The minimum atomic E-state index is -0.584. The highest BCUT2D eigenvalue weighted by Crippen LogP contribution is 2.35. The van der Waals surface area contributed by atoms with Gasteiger partial charge in [0.05, 0.1) is 16.9 Å². The number of rotatable bonds is 2. The molecule has 140 valence electrons. The van der Waals surface area contributed by atoms with E-state index in [-0.39, 0.29) is 11.7 Å². The van der Waals surface area contributed by atoms with Gasteiger partial charge in [-0.2, -0.15) is 5.26 Å². The average molecular weight is 372 g/mol. The first-order valence-corrected chi connectivity index (χ1v) is 9.33. The summed E-state index contributed by atoms with van der Waals surface area (Å²) < 4.78 is 5.31. The van der Waals surface area contributed by atoms with E-state index in [0.29, 0.717) is 36.7 Å². The first-order chi connectivity index (χ1) is 13.5. The van der Waals surface area contributed by atoms with Crippen molar-refractivity contribution in [1.82, 2.24) is 4.90 Å². The molecule has 0 saturated carbocycles. The van der Waals surface area contributed by atoms with Gasteiger partial charge in [-0.25, -0.2) is 4.79 Å². The number of hydrogen-bond donors (Lipinski definition) is 0. The summed E-state index contributed by atoms with van der Waals surface area (Å²) >= 11 is 0. The summed E-state index contributed by atoms with van der Waals surface area (Å²) in [4.78, 5) is 26.9. The van der Waals surface area contributed by atoms with Crippen molar-refractivity contribution < 1.29 is 9.21 Å². The van der Waals surface area contributed by atoms with Crippen LogP contribution in [-0.4, -0.2) is 23.9 Å². The van der Waals surface area contributed by atoms with Crippen molar-refractivity contribution in [2.75, 3.05) is 13.1 Å². The molecular weight excluding hydrogens is 352 g/mol. The summed E-state index contributed by atoms with van der Waals surface area (Å²) in [7, 11) is 0. The van der Waals surface area contributed by atoms with Gasteiger partial charge in [0.1, 0.15) is 0 Å². The van der Waals surface area contributed by atoms with Crippen molar-refractivity contribution in [3.63, 3.8) is 0 Å². The van der Waals surface area contributed by atoms with E-state index in [1.54, 1.807) is 17.0 Å². The second-order valence-corrected chi connectivity index (χ2v) is 7.34. The van der Waals surface area contributed by atoms with Crippen LogP contribution in [0.4, 0.5) is 0 Å². The Labute approximate surface area is 162 Å². The minimum absolute atomic E-state index is 0.0468. The Morgan fingerprint density at radius 2 is 1.82 bits per heavy atom. The van der Waals surface area contributed by atoms with Crippen molar-refractivity contribution in [1.29, 1.82) is 5.26 Å². The Kier molecular flexibility index (Phi) is 4.48. The summed E-state index contributed by atoms with van der Waals surface area (Å²) in [6, 6.07) is 19.3. The molecule has 1 aliphatic rings. The molecule has 3 aromatic rings. The fourth-order valence-corrected chi connectivity index (χ4v) is 3.87. The standard InChI is InChI=1S/C23H20N2O3/c1-16-7-8-17-14-20(28-22(27)19(17)13-16)21(26)25-11-9-23(15-24,10-12-25)18-5-3-2-4-6-18/h2-8,13-14H,9-12H2,1H3. The summed E-state index contributed by atoms with van der Waals surface area (Å²) in [5.74, 6) is -0.260. The van der Waals surface area contributed by atoms with Gasteiger partial charge in [-0.15, -0.1) is 0 Å². The molecule has 0 bridgehead atoms. The number of nitrogens with zero attached hydrogens (tertiary/aromatic N) is 2. The largest absolute Gasteiger partial charge is 0.417 e. The van der Waals surface area contributed by atoms with Crippen molar-refractivity contribution in [2.45, 2.75) is 25.2 Å². The summed E-state index contributed by atoms with van der Waals surface area (Å²) in [5, 5.41) is 11.0. The Hall–Kier alpha value is -3.39. The Bertz CT molecular complexity index is 1130. The highest BCUT2D eigenvalue weighted by Gasteiger charge is 2.38. The number of piperidine rings is 1. The van der Waals surface area contributed by atoms with Gasteiger partial charge in [0.2, 0.25) is 0 Å². The molecule has 5 nitrogen and oxygen atoms in total. The van der Waals surface area contributed by atoms with E-state index in [9.17, 15) is 14.9 Å². The van der Waals surface area contributed by atoms with Crippen LogP contribution in [0.15, 0.2) is 63.8 Å². The third-order valence-electron chi connectivity index (χ3n) is 5.57. The highest BCUT2D eigenvalue weighted by atomic mass is 16.4. The van der Waals surface area contributed by atoms with Gasteiger partial charge in [-0.1, -0.05) is 48.0 Å². The lowest BCUT2D eigenvalue weighted by Crippen LogP contribution is -2.44. The third kappa shape index (κ3) is 3.07. The van der Waals surface area contributed by atoms with E-state index in [0.717, 1.165) is 11.1 Å². The number of aryl methyl sites for hydroxylation is 1. The van der Waals surface area contributed by atoms with Crippen LogP contribution in [0.2, 0.25) is 0 Å². The SMILES string of the molecule is Cc1ccc2cc(C(=O)N3CCC(C#N)(c4ccccc4)CC3)oc(=O)c2c1. The molecule has 0 radical (unpaired) electrons. The molecule has 0 atom stereocenters. The maximum Gasteiger partial charge on any atom is 0.344 e. The molecule has 1 aromatic heterocycles. The smallest absolute Gasteiger partial charge is 0.344 e. The number of hydrogen-bond acceptors (Lipinski definition) is 4. The van der Waals surface area contributed by atoms with Gasteiger partial charge < -0.3 is 9.32 Å². The molecule has 0 unspecified atom stereocenters. The van der Waals surface area contributed by atoms with Crippen LogP contribution in [0.25, 0.3) is 10.8 Å². The number of carbonyl (C=O) groups excluding carboxylic acids is 1. The molecule has 4 rings (SSSR count). The Morgan fingerprint density at radius 1 is 1.11 bits per heavy atom. The molecule has 1 amide bonds. The van der Waals surface area contributed by atoms with Crippen LogP contribution >= 0.6 is 0 Å². The van der Waals surface area contributed by atoms with Crippen LogP contribution < -0.4 is 5.63 Å². The molecule has 0 aliphatic carbocycles. The molecule has 28 heavy (non-hydrogen) atoms. The quantitative estimate of drug-likeness (QED) is 0.686. The summed E-state index contributed by atoms with van der Waals surface area (Å²) in [6.07, 6.45) is 1.10. The van der Waals surface area contributed by atoms with Gasteiger partial charge in [-0.3, -0.25) is 4.79 Å². The lowest BCUT2D eigenvalue weighted by molar-refractivity contribution is 0.0655. The fourth-order valence-electron chi connectivity index (χ4n) is 3.87. The van der Waals surface area contributed by atoms with E-state index >= 15 is 0 Å². The van der Waals surface area contributed by atoms with Gasteiger partial charge >= 0.3 is 5.63 Å². The molecule has 2 heterocycles. The molecule has 1 fully saturated rings. The predicted molar refractivity (Wildman–Crippen MR) is 106 cm³/mol. The lowest BCUT2D eigenvalue weighted by Gasteiger charge is -2.37. The number of fused-ring (bicyclic) bond motifs is 1.